The Morgan fingerprint density at radius 2 is 0.920 bits per heavy atom. The first-order chi connectivity index (χ1) is 47.5. The lowest BCUT2D eigenvalue weighted by Crippen LogP contribution is -2.38. The second-order valence-electron chi connectivity index (χ2n) is 25.1. The highest BCUT2D eigenvalue weighted by molar-refractivity contribution is 6.01. The fourth-order valence-corrected chi connectivity index (χ4v) is 9.17. The number of β-amino-alcohol motifs (C(OH)–C–C–N with tert-alkyl or cyclic N) is 1. The van der Waals surface area contributed by atoms with Crippen molar-refractivity contribution in [2.45, 2.75) is 116 Å². The number of ketones is 1. The number of anilines is 3. The van der Waals surface area contributed by atoms with Crippen LogP contribution < -0.4 is 38.1 Å². The number of phenolic OH excluding ortho intramolecular Hbond substituents is 1. The number of carbonyl (C=O) groups is 3. The number of nitrogens with one attached hydrogen (secondary N) is 5. The van der Waals surface area contributed by atoms with Gasteiger partial charge in [0.15, 0.2) is 0 Å². The molecule has 0 fully saturated rings. The number of amides is 1. The maximum atomic E-state index is 11.3. The number of nitrogen functional groups attached to an aromatic ring is 1. The first-order valence-electron chi connectivity index (χ1n) is 32.6. The molecule has 8 aromatic carbocycles. The van der Waals surface area contributed by atoms with Gasteiger partial charge in [-0.3, -0.25) is 4.79 Å². The molecular formula is C77H101N7O16. The van der Waals surface area contributed by atoms with Gasteiger partial charge in [0.25, 0.3) is 0 Å². The van der Waals surface area contributed by atoms with E-state index in [1.54, 1.807) is 24.3 Å². The number of esters is 1. The van der Waals surface area contributed by atoms with Gasteiger partial charge >= 0.3 is 12.1 Å². The lowest BCUT2D eigenvalue weighted by molar-refractivity contribution is -0.0195. The third-order valence-corrected chi connectivity index (χ3v) is 14.8. The summed E-state index contributed by atoms with van der Waals surface area (Å²) in [5.41, 5.74) is 20.5. The van der Waals surface area contributed by atoms with Crippen LogP contribution in [0.1, 0.15) is 137 Å². The van der Waals surface area contributed by atoms with Gasteiger partial charge in [-0.15, -0.1) is 0 Å². The van der Waals surface area contributed by atoms with E-state index in [1.807, 2.05) is 163 Å². The summed E-state index contributed by atoms with van der Waals surface area (Å²) in [5, 5.41) is 120. The summed E-state index contributed by atoms with van der Waals surface area (Å²) in [6.07, 6.45) is -2.48. The van der Waals surface area contributed by atoms with Gasteiger partial charge in [0, 0.05) is 72.0 Å². The molecule has 0 aliphatic rings. The number of carbonyl (C=O) groups excluding carboxylic acids is 3. The van der Waals surface area contributed by atoms with Crippen molar-refractivity contribution < 1.29 is 80.0 Å². The van der Waals surface area contributed by atoms with Crippen molar-refractivity contribution in [2.24, 2.45) is 5.73 Å². The molecule has 8 rings (SSSR count). The first-order valence-corrected chi connectivity index (χ1v) is 32.6. The number of rotatable bonds is 27. The molecule has 0 spiro atoms. The molecule has 0 aliphatic heterocycles. The van der Waals surface area contributed by atoms with Crippen molar-refractivity contribution in [3.05, 3.63) is 249 Å². The molecule has 23 nitrogen and oxygen atoms in total. The number of hydrogen-bond donors (Lipinski definition) is 18. The van der Waals surface area contributed by atoms with Gasteiger partial charge < -0.3 is 104 Å². The molecule has 20 N–H and O–H groups in total. The molecule has 0 heterocycles. The van der Waals surface area contributed by atoms with Crippen LogP contribution in [0.15, 0.2) is 188 Å². The van der Waals surface area contributed by atoms with Crippen molar-refractivity contribution in [1.29, 1.82) is 0 Å². The van der Waals surface area contributed by atoms with E-state index in [9.17, 15) is 55.2 Å². The number of methoxy groups -OCH3 is 1. The Labute approximate surface area is 585 Å². The lowest BCUT2D eigenvalue weighted by atomic mass is 10.0. The normalized spacial score (nSPS) is 12.2. The van der Waals surface area contributed by atoms with Crippen LogP contribution in [0.5, 0.6) is 17.2 Å². The SMILES string of the molecule is CC(C)(C)NCC(O)c1ccc(O)c(CO)c1.CC(C)(C)OC(=O)NCCc1ccc(N)cc1.COC(=O)c1cc(C(=O)C(O)O)ccc1O.NCCc1ccc(NC[C@@H](O)c2ccccc2)cc1.OCc1cc(C(O)CNCCc2ccc(NC[C@@H](O)c3ccccc3)cc2)ccc1O. The van der Waals surface area contributed by atoms with Crippen LogP contribution >= 0.6 is 0 Å². The molecule has 2 unspecified atom stereocenters. The maximum absolute atomic E-state index is 11.3. The Bertz CT molecular complexity index is 3670. The van der Waals surface area contributed by atoms with Gasteiger partial charge in [-0.1, -0.05) is 109 Å². The third-order valence-electron chi connectivity index (χ3n) is 14.8. The van der Waals surface area contributed by atoms with Gasteiger partial charge in [0.05, 0.1) is 44.7 Å². The zero-order valence-corrected chi connectivity index (χ0v) is 57.9. The van der Waals surface area contributed by atoms with E-state index in [4.69, 9.17) is 31.5 Å². The zero-order valence-electron chi connectivity index (χ0n) is 57.9. The van der Waals surface area contributed by atoms with E-state index in [2.05, 4.69) is 43.5 Å². The third kappa shape index (κ3) is 31.6. The van der Waals surface area contributed by atoms with Crippen molar-refractivity contribution in [3.63, 3.8) is 0 Å². The van der Waals surface area contributed by atoms with Crippen molar-refractivity contribution >= 4 is 34.9 Å². The van der Waals surface area contributed by atoms with E-state index in [0.29, 0.717) is 68.1 Å². The number of phenols is 3. The van der Waals surface area contributed by atoms with Gasteiger partial charge in [-0.2, -0.15) is 0 Å². The van der Waals surface area contributed by atoms with Crippen LogP contribution in [-0.2, 0) is 41.9 Å². The summed E-state index contributed by atoms with van der Waals surface area (Å²) in [7, 11) is 1.12. The average molecular weight is 1380 g/mol. The maximum Gasteiger partial charge on any atom is 0.407 e. The monoisotopic (exact) mass is 1380 g/mol. The fraction of sp³-hybridized carbons (Fsp3) is 0.338. The molecule has 1 amide bonds. The molecule has 0 aliphatic carbocycles. The van der Waals surface area contributed by atoms with Crippen molar-refractivity contribution in [3.8, 4) is 17.2 Å². The van der Waals surface area contributed by atoms with E-state index in [1.165, 1.54) is 29.3 Å². The standard InChI is InChI=1S/C25H30N2O4.C16H20N2O.C13H20N2O2.C13H21NO3.C10H10O6/c28-17-21-14-20(8-11-23(21)29)24(30)15-26-13-12-18-6-9-22(10-7-18)27-16-25(31)19-4-2-1-3-5-19;17-11-10-13-6-8-15(9-7-13)18-12-16(19)14-4-2-1-3-5-14;1-13(2,3)17-12(16)15-9-8-10-4-6-11(14)7-5-10;1-13(2,3)14-7-12(17)9-4-5-11(16)10(6-9)8-15;1-16-10(15)6-4-5(2-3-7(6)11)8(12)9(13)14/h1-11,14,24-31H,12-13,15-17H2;1-9,16,18-19H,10-12,17H2;4-7H,8-9,14H2,1-3H3,(H,15,16);4-6,12,14-17H,7-8H2,1-3H3;2-4,9,11,13-14H,1H3/t24?,25-;16-;;;/m11.../s1. The van der Waals surface area contributed by atoms with Gasteiger partial charge in [0.1, 0.15) is 28.4 Å². The quantitative estimate of drug-likeness (QED) is 0.00753. The molecule has 0 saturated carbocycles. The summed E-state index contributed by atoms with van der Waals surface area (Å²) in [4.78, 5) is 33.7. The first kappa shape index (κ1) is 83.0. The summed E-state index contributed by atoms with van der Waals surface area (Å²) in [6, 6.07) is 55.9. The van der Waals surface area contributed by atoms with E-state index >= 15 is 0 Å². The molecular weight excluding hydrogens is 1280 g/mol. The molecule has 0 bridgehead atoms. The van der Waals surface area contributed by atoms with Crippen LogP contribution in [0.3, 0.4) is 0 Å². The number of aliphatic hydroxyl groups is 8. The molecule has 0 aromatic heterocycles. The van der Waals surface area contributed by atoms with E-state index in [-0.39, 0.29) is 53.2 Å². The molecule has 540 valence electrons. The Kier molecular flexibility index (Phi) is 35.8. The summed E-state index contributed by atoms with van der Waals surface area (Å²) < 4.78 is 9.50. The van der Waals surface area contributed by atoms with Gasteiger partial charge in [-0.05, 0) is 192 Å². The van der Waals surface area contributed by atoms with Gasteiger partial charge in [0.2, 0.25) is 12.1 Å². The molecule has 0 saturated heterocycles. The number of ether oxygens (including phenoxy) is 2. The Morgan fingerprint density at radius 3 is 1.35 bits per heavy atom. The molecule has 4 atom stereocenters. The number of aliphatic hydroxyl groups excluding tert-OH is 7. The number of alkyl carbamates (subject to hydrolysis) is 1. The second-order valence-corrected chi connectivity index (χ2v) is 25.1. The average Bonchev–Trinajstić information content (AvgIpc) is 0.889. The molecule has 0 radical (unpaired) electrons. The fourth-order valence-electron chi connectivity index (χ4n) is 9.17. The number of aromatic hydroxyl groups is 3. The molecule has 23 heteroatoms. The topological polar surface area (TPSA) is 404 Å². The van der Waals surface area contributed by atoms with Crippen molar-refractivity contribution in [2.75, 3.05) is 69.3 Å². The minimum atomic E-state index is -2.16. The highest BCUT2D eigenvalue weighted by Gasteiger charge is 2.20. The van der Waals surface area contributed by atoms with E-state index < -0.39 is 48.1 Å². The molecule has 8 aromatic rings. The number of Topliss-reactive ketones (excluding diaryl/α,β-unsaturated/α-hetero) is 1. The molecule has 100 heavy (non-hydrogen) atoms. The second kappa shape index (κ2) is 43.1. The van der Waals surface area contributed by atoms with Crippen LogP contribution in [0, 0.1) is 0 Å². The van der Waals surface area contributed by atoms with Crippen LogP contribution in [-0.4, -0.2) is 144 Å². The predicted molar refractivity (Wildman–Crippen MR) is 389 cm³/mol. The van der Waals surface area contributed by atoms with E-state index in [0.717, 1.165) is 72.3 Å². The number of nitrogens with two attached hydrogens (primary N) is 2. The van der Waals surface area contributed by atoms with Crippen molar-refractivity contribution in [1.82, 2.24) is 16.0 Å². The summed E-state index contributed by atoms with van der Waals surface area (Å²) >= 11 is 0. The predicted octanol–water partition coefficient (Wildman–Crippen LogP) is 8.54. The number of benzene rings is 8. The Morgan fingerprint density at radius 1 is 0.490 bits per heavy atom. The minimum Gasteiger partial charge on any atom is -0.508 e. The highest BCUT2D eigenvalue weighted by Crippen LogP contribution is 2.26. The summed E-state index contributed by atoms with van der Waals surface area (Å²) in [6.45, 7) is 14.8. The van der Waals surface area contributed by atoms with Crippen LogP contribution in [0.2, 0.25) is 0 Å². The Balaban J connectivity index is 0.000000273. The lowest BCUT2D eigenvalue weighted by Gasteiger charge is -2.23. The highest BCUT2D eigenvalue weighted by atomic mass is 16.6. The minimum absolute atomic E-state index is 0.0268. The zero-order chi connectivity index (χ0) is 73.8. The van der Waals surface area contributed by atoms with Gasteiger partial charge in [-0.25, -0.2) is 9.59 Å². The van der Waals surface area contributed by atoms with Crippen LogP contribution in [0.4, 0.5) is 21.9 Å². The van der Waals surface area contributed by atoms with Crippen LogP contribution in [0.25, 0.3) is 0 Å². The smallest absolute Gasteiger partial charge is 0.407 e. The largest absolute Gasteiger partial charge is 0.508 e. The number of hydrogen-bond acceptors (Lipinski definition) is 22. The Hall–Kier alpha value is -9.47. The summed E-state index contributed by atoms with van der Waals surface area (Å²) in [5.74, 6) is -2.06.